The van der Waals surface area contributed by atoms with Crippen molar-refractivity contribution in [2.24, 2.45) is 0 Å². The summed E-state index contributed by atoms with van der Waals surface area (Å²) >= 11 is 1.58. The number of esters is 1. The maximum Gasteiger partial charge on any atom is 0.373 e. The summed E-state index contributed by atoms with van der Waals surface area (Å²) in [5, 5.41) is 6.88. The molecule has 2 aromatic heterocycles. The van der Waals surface area contributed by atoms with Crippen LogP contribution in [0.1, 0.15) is 28.8 Å². The van der Waals surface area contributed by atoms with Crippen LogP contribution in [0.2, 0.25) is 0 Å². The molecule has 0 radical (unpaired) electrons. The van der Waals surface area contributed by atoms with Crippen LogP contribution in [0.3, 0.4) is 0 Å². The van der Waals surface area contributed by atoms with E-state index in [1.165, 1.54) is 12.7 Å². The highest BCUT2D eigenvalue weighted by atomic mass is 32.2. The number of ether oxygens (including phenoxy) is 1. The zero-order valence-electron chi connectivity index (χ0n) is 15.6. The van der Waals surface area contributed by atoms with E-state index in [9.17, 15) is 9.59 Å². The monoisotopic (exact) mass is 399 g/mol. The highest BCUT2D eigenvalue weighted by Crippen LogP contribution is 2.19. The Morgan fingerprint density at radius 3 is 2.79 bits per heavy atom. The van der Waals surface area contributed by atoms with Gasteiger partial charge >= 0.3 is 5.97 Å². The summed E-state index contributed by atoms with van der Waals surface area (Å²) in [5.74, 6) is 0.874. The molecule has 3 rings (SSSR count). The third-order valence-corrected chi connectivity index (χ3v) is 5.19. The Morgan fingerprint density at radius 1 is 1.25 bits per heavy atom. The number of methoxy groups -OCH3 is 1. The fourth-order valence-electron chi connectivity index (χ4n) is 2.46. The number of benzene rings is 1. The Hall–Kier alpha value is -3.00. The zero-order chi connectivity index (χ0) is 19.9. The van der Waals surface area contributed by atoms with Gasteiger partial charge in [-0.3, -0.25) is 9.48 Å². The van der Waals surface area contributed by atoms with Crippen molar-refractivity contribution >= 4 is 29.3 Å². The van der Waals surface area contributed by atoms with Crippen molar-refractivity contribution in [3.8, 4) is 0 Å². The molecular weight excluding hydrogens is 378 g/mol. The molecule has 7 nitrogen and oxygen atoms in total. The molecule has 0 unspecified atom stereocenters. The van der Waals surface area contributed by atoms with Crippen LogP contribution in [0.25, 0.3) is 0 Å². The fourth-order valence-corrected chi connectivity index (χ4v) is 3.31. The Kier molecular flexibility index (Phi) is 6.54. The maximum absolute atomic E-state index is 12.4. The molecule has 0 aliphatic rings. The molecule has 1 atom stereocenters. The standard InChI is InChI=1S/C20H21N3O4S/c1-14(28-13-15-6-4-3-5-7-15)19(24)22-16-10-21-23(11-16)12-17-8-9-18(27-17)20(25)26-2/h3-11,14H,12-13H2,1-2H3,(H,22,24)/t14-/m0/s1. The van der Waals surface area contributed by atoms with Gasteiger partial charge in [0.15, 0.2) is 0 Å². The van der Waals surface area contributed by atoms with E-state index >= 15 is 0 Å². The van der Waals surface area contributed by atoms with Crippen molar-refractivity contribution in [1.29, 1.82) is 0 Å². The lowest BCUT2D eigenvalue weighted by Crippen LogP contribution is -2.22. The third kappa shape index (κ3) is 5.26. The number of anilines is 1. The number of hydrogen-bond acceptors (Lipinski definition) is 6. The second-order valence-electron chi connectivity index (χ2n) is 6.11. The van der Waals surface area contributed by atoms with E-state index in [0.717, 1.165) is 5.75 Å². The van der Waals surface area contributed by atoms with Crippen molar-refractivity contribution in [1.82, 2.24) is 9.78 Å². The number of amides is 1. The van der Waals surface area contributed by atoms with Gasteiger partial charge in [0.25, 0.3) is 0 Å². The molecule has 0 aliphatic heterocycles. The normalized spacial score (nSPS) is 11.8. The van der Waals surface area contributed by atoms with Gasteiger partial charge in [-0.25, -0.2) is 4.79 Å². The Balaban J connectivity index is 1.51. The summed E-state index contributed by atoms with van der Waals surface area (Å²) < 4.78 is 11.7. The molecule has 0 aliphatic carbocycles. The first-order valence-corrected chi connectivity index (χ1v) is 9.76. The van der Waals surface area contributed by atoms with Crippen molar-refractivity contribution < 1.29 is 18.7 Å². The first kappa shape index (κ1) is 19.8. The minimum atomic E-state index is -0.526. The van der Waals surface area contributed by atoms with Crippen molar-refractivity contribution in [3.05, 3.63) is 71.9 Å². The largest absolute Gasteiger partial charge is 0.463 e. The van der Waals surface area contributed by atoms with Gasteiger partial charge in [0.1, 0.15) is 5.76 Å². The summed E-state index contributed by atoms with van der Waals surface area (Å²) in [6, 6.07) is 13.3. The zero-order valence-corrected chi connectivity index (χ0v) is 16.4. The molecule has 28 heavy (non-hydrogen) atoms. The summed E-state index contributed by atoms with van der Waals surface area (Å²) in [4.78, 5) is 23.8. The first-order valence-electron chi connectivity index (χ1n) is 8.71. The Morgan fingerprint density at radius 2 is 2.04 bits per heavy atom. The molecule has 0 spiro atoms. The molecule has 146 valence electrons. The van der Waals surface area contributed by atoms with Crippen molar-refractivity contribution in [2.45, 2.75) is 24.5 Å². The lowest BCUT2D eigenvalue weighted by atomic mass is 10.2. The second-order valence-corrected chi connectivity index (χ2v) is 7.44. The lowest BCUT2D eigenvalue weighted by molar-refractivity contribution is -0.115. The van der Waals surface area contributed by atoms with Gasteiger partial charge in [0.2, 0.25) is 11.7 Å². The van der Waals surface area contributed by atoms with Crippen molar-refractivity contribution in [3.63, 3.8) is 0 Å². The lowest BCUT2D eigenvalue weighted by Gasteiger charge is -2.10. The van der Waals surface area contributed by atoms with Crippen LogP contribution in [0, 0.1) is 0 Å². The van der Waals surface area contributed by atoms with E-state index in [1.54, 1.807) is 41.0 Å². The number of carbonyl (C=O) groups excluding carboxylic acids is 2. The SMILES string of the molecule is COC(=O)c1ccc(Cn2cc(NC(=O)[C@H](C)SCc3ccccc3)cn2)o1. The van der Waals surface area contributed by atoms with Gasteiger partial charge in [0, 0.05) is 11.9 Å². The molecular formula is C20H21N3O4S. The Bertz CT molecular complexity index is 936. The third-order valence-electron chi connectivity index (χ3n) is 3.98. The summed E-state index contributed by atoms with van der Waals surface area (Å²) in [5.41, 5.74) is 1.79. The van der Waals surface area contributed by atoms with Gasteiger partial charge in [0.05, 0.1) is 30.8 Å². The van der Waals surface area contributed by atoms with Crippen LogP contribution in [0.5, 0.6) is 0 Å². The molecule has 0 saturated carbocycles. The molecule has 1 amide bonds. The topological polar surface area (TPSA) is 86.4 Å². The average Bonchev–Trinajstić information content (AvgIpc) is 3.36. The van der Waals surface area contributed by atoms with Crippen molar-refractivity contribution in [2.75, 3.05) is 12.4 Å². The number of rotatable bonds is 8. The average molecular weight is 399 g/mol. The van der Waals surface area contributed by atoms with Crippen LogP contribution in [-0.4, -0.2) is 34.0 Å². The predicted octanol–water partition coefficient (Wildman–Crippen LogP) is 3.57. The number of thioether (sulfide) groups is 1. The smallest absolute Gasteiger partial charge is 0.373 e. The predicted molar refractivity (Wildman–Crippen MR) is 107 cm³/mol. The molecule has 1 aromatic carbocycles. The van der Waals surface area contributed by atoms with Crippen LogP contribution in [0.4, 0.5) is 5.69 Å². The molecule has 0 bridgehead atoms. The molecule has 3 aromatic rings. The number of hydrogen-bond donors (Lipinski definition) is 1. The van der Waals surface area contributed by atoms with Gasteiger partial charge in [-0.15, -0.1) is 11.8 Å². The van der Waals surface area contributed by atoms with E-state index < -0.39 is 5.97 Å². The highest BCUT2D eigenvalue weighted by Gasteiger charge is 2.15. The number of furan rings is 1. The van der Waals surface area contributed by atoms with E-state index in [1.807, 2.05) is 37.3 Å². The van der Waals surface area contributed by atoms with Crippen LogP contribution in [0.15, 0.2) is 59.3 Å². The molecule has 2 heterocycles. The number of aromatic nitrogens is 2. The molecule has 0 fully saturated rings. The Labute approximate surface area is 167 Å². The summed E-state index contributed by atoms with van der Waals surface area (Å²) in [6.07, 6.45) is 3.30. The molecule has 8 heteroatoms. The number of nitrogens with one attached hydrogen (secondary N) is 1. The van der Waals surface area contributed by atoms with Gasteiger partial charge in [-0.1, -0.05) is 30.3 Å². The quantitative estimate of drug-likeness (QED) is 0.583. The van der Waals surface area contributed by atoms with E-state index in [2.05, 4.69) is 15.2 Å². The van der Waals surface area contributed by atoms with Gasteiger partial charge in [-0.05, 0) is 24.6 Å². The number of nitrogens with zero attached hydrogens (tertiary/aromatic N) is 2. The van der Waals surface area contributed by atoms with Crippen LogP contribution in [-0.2, 0) is 21.8 Å². The second kappa shape index (κ2) is 9.27. The van der Waals surface area contributed by atoms with Gasteiger partial charge < -0.3 is 14.5 Å². The molecule has 0 saturated heterocycles. The minimum Gasteiger partial charge on any atom is -0.463 e. The van der Waals surface area contributed by atoms with Gasteiger partial charge in [-0.2, -0.15) is 5.10 Å². The number of carbonyl (C=O) groups is 2. The maximum atomic E-state index is 12.4. The van der Waals surface area contributed by atoms with E-state index in [-0.39, 0.29) is 16.9 Å². The molecule has 1 N–H and O–H groups in total. The van der Waals surface area contributed by atoms with E-state index in [0.29, 0.717) is 18.0 Å². The summed E-state index contributed by atoms with van der Waals surface area (Å²) in [7, 11) is 1.30. The van der Waals surface area contributed by atoms with Crippen LogP contribution >= 0.6 is 11.8 Å². The van der Waals surface area contributed by atoms with Crippen LogP contribution < -0.4 is 5.32 Å². The minimum absolute atomic E-state index is 0.0774. The van der Waals surface area contributed by atoms with E-state index in [4.69, 9.17) is 4.42 Å². The fraction of sp³-hybridized carbons (Fsp3) is 0.250. The summed E-state index contributed by atoms with van der Waals surface area (Å²) in [6.45, 7) is 2.22. The highest BCUT2D eigenvalue weighted by molar-refractivity contribution is 7.99. The first-order chi connectivity index (χ1) is 13.5.